The first-order valence-corrected chi connectivity index (χ1v) is 12.2. The van der Waals surface area contributed by atoms with Gasteiger partial charge in [-0.15, -0.1) is 0 Å². The molecule has 0 bridgehead atoms. The fourth-order valence-electron chi connectivity index (χ4n) is 3.71. The Balaban J connectivity index is 0.00000306. The van der Waals surface area contributed by atoms with Gasteiger partial charge < -0.3 is 0 Å². The molecule has 0 spiro atoms. The van der Waals surface area contributed by atoms with Gasteiger partial charge in [-0.05, 0) is 0 Å². The van der Waals surface area contributed by atoms with Crippen LogP contribution < -0.4 is 30.7 Å². The summed E-state index contributed by atoms with van der Waals surface area (Å²) in [4.78, 5) is 24.7. The molecule has 0 radical (unpaired) electrons. The van der Waals surface area contributed by atoms with Gasteiger partial charge in [-0.1, -0.05) is 0 Å². The van der Waals surface area contributed by atoms with Crippen LogP contribution in [0.5, 0.6) is 11.5 Å². The van der Waals surface area contributed by atoms with E-state index >= 15 is 0 Å². The first-order chi connectivity index (χ1) is 15.4. The van der Waals surface area contributed by atoms with Gasteiger partial charge in [0.05, 0.1) is 0 Å². The smallest absolute Gasteiger partial charge is 2.00 e. The number of methoxy groups -OCH3 is 1. The molecule has 1 aliphatic carbocycles. The molecule has 0 atom stereocenters. The molecule has 7 heteroatoms. The topological polar surface area (TPSA) is 72.8 Å². The van der Waals surface area contributed by atoms with Crippen LogP contribution in [-0.2, 0) is 10.2 Å². The molecule has 0 amide bonds. The average molecular weight is 779 g/mol. The summed E-state index contributed by atoms with van der Waals surface area (Å²) in [5.41, 5.74) is 3.60. The van der Waals surface area contributed by atoms with Crippen molar-refractivity contribution in [3.05, 3.63) is 88.0 Å². The number of carboxylic acid groups (broad SMARTS) is 1. The molecule has 3 aromatic rings. The number of ether oxygens (including phenoxy) is 2. The van der Waals surface area contributed by atoms with E-state index < -0.39 is 32.6 Å². The average Bonchev–Trinajstić information content (AvgIpc) is 3.62. The number of benzene rings is 3. The number of hydrogen-bond acceptors (Lipinski definition) is 4. The monoisotopic (exact) mass is 779 g/mol. The molecular formula is C26H22IO5U-. The van der Waals surface area contributed by atoms with Gasteiger partial charge in [0, 0.05) is 0 Å². The van der Waals surface area contributed by atoms with Crippen molar-refractivity contribution >= 4 is 9.76 Å². The number of aryl methyl sites for hydroxylation is 1. The van der Waals surface area contributed by atoms with Crippen molar-refractivity contribution in [2.75, 3.05) is 7.11 Å². The van der Waals surface area contributed by atoms with Gasteiger partial charge in [-0.2, -0.15) is 0 Å². The number of hydrogen-bond donors (Lipinski definition) is 1. The Morgan fingerprint density at radius 2 is 1.88 bits per heavy atom. The number of carbonyl (C=O) groups is 2. The predicted octanol–water partition coefficient (Wildman–Crippen LogP) is 1.86. The first-order valence-electron chi connectivity index (χ1n) is 10.0. The summed E-state index contributed by atoms with van der Waals surface area (Å²) < 4.78 is 11.5. The van der Waals surface area contributed by atoms with E-state index in [2.05, 4.69) is 19.2 Å². The number of aromatic carboxylic acids is 1. The molecule has 0 heterocycles. The van der Waals surface area contributed by atoms with Crippen LogP contribution in [-0.4, -0.2) is 22.0 Å². The van der Waals surface area contributed by atoms with Crippen molar-refractivity contribution in [3.8, 4) is 22.6 Å². The van der Waals surface area contributed by atoms with Crippen molar-refractivity contribution in [2.24, 2.45) is 0 Å². The van der Waals surface area contributed by atoms with Gasteiger partial charge in [-0.3, -0.25) is 0 Å². The van der Waals surface area contributed by atoms with E-state index in [0.717, 1.165) is 38.7 Å². The van der Waals surface area contributed by atoms with Crippen molar-refractivity contribution < 1.29 is 76.5 Å². The van der Waals surface area contributed by atoms with Gasteiger partial charge >= 0.3 is 229 Å². The Labute approximate surface area is 227 Å². The van der Waals surface area contributed by atoms with Crippen LogP contribution in [0.1, 0.15) is 34.3 Å². The predicted molar refractivity (Wildman–Crippen MR) is 116 cm³/mol. The maximum absolute atomic E-state index is 13.3. The normalized spacial score (nSPS) is 13.7. The van der Waals surface area contributed by atoms with Gasteiger partial charge in [0.15, 0.2) is 0 Å². The van der Waals surface area contributed by atoms with Crippen molar-refractivity contribution in [1.82, 2.24) is 0 Å². The fraction of sp³-hybridized carbons (Fsp3) is 0.192. The number of carbonyl (C=O) groups excluding carboxylic acids is 1. The summed E-state index contributed by atoms with van der Waals surface area (Å²) in [7, 11) is 4.85. The summed E-state index contributed by atoms with van der Waals surface area (Å²) in [5.74, 6) is -0.162. The molecule has 5 nitrogen and oxygen atoms in total. The van der Waals surface area contributed by atoms with Crippen LogP contribution in [0.15, 0.2) is 54.6 Å². The Morgan fingerprint density at radius 3 is 2.45 bits per heavy atom. The van der Waals surface area contributed by atoms with Crippen LogP contribution in [0, 0.1) is 54.8 Å². The zero-order chi connectivity index (χ0) is 22.9. The third kappa shape index (κ3) is 5.31. The standard InChI is InChI=1S/C26H22IO5.U/c1-16-4-8-19(15-22(16)17-5-11-21(24(28)29)23(14-17)32-3)27-25(30)26(12-13-26)18-6-9-20(31-2)10-7-18;/h4-9,11,14-15H,2,12-13H2,1,3H3,(H,28,29);/q-3;+2. The minimum Gasteiger partial charge on any atom is 2.00 e. The molecular weight excluding hydrogens is 757 g/mol. The molecule has 1 aliphatic rings. The largest absolute Gasteiger partial charge is 2.00 e. The van der Waals surface area contributed by atoms with Crippen LogP contribution in [0.25, 0.3) is 11.1 Å². The fourth-order valence-corrected chi connectivity index (χ4v) is 6.47. The third-order valence-corrected chi connectivity index (χ3v) is 8.57. The van der Waals surface area contributed by atoms with E-state index in [1.807, 2.05) is 31.2 Å². The van der Waals surface area contributed by atoms with E-state index in [9.17, 15) is 14.7 Å². The van der Waals surface area contributed by atoms with Crippen LogP contribution in [0.2, 0.25) is 0 Å². The van der Waals surface area contributed by atoms with Gasteiger partial charge in [0.1, 0.15) is 0 Å². The number of halogens is 1. The molecule has 3 aromatic carbocycles. The molecule has 4 rings (SSSR count). The van der Waals surface area contributed by atoms with Crippen LogP contribution in [0.3, 0.4) is 0 Å². The van der Waals surface area contributed by atoms with Gasteiger partial charge in [0.2, 0.25) is 0 Å². The quantitative estimate of drug-likeness (QED) is 0.215. The Morgan fingerprint density at radius 1 is 1.12 bits per heavy atom. The SMILES string of the molecule is [CH2-]Oc1[c-]cc(C2(C(=O)[I-]c3ccc(C)c(-c4ccc(C(=O)O)c(OC)c4)c3)CC2)cc1.[U+2]. The second kappa shape index (κ2) is 10.6. The molecule has 0 unspecified atom stereocenters. The van der Waals surface area contributed by atoms with Crippen molar-refractivity contribution in [3.63, 3.8) is 0 Å². The van der Waals surface area contributed by atoms with Gasteiger partial charge in [-0.25, -0.2) is 0 Å². The molecule has 0 aromatic heterocycles. The molecule has 168 valence electrons. The van der Waals surface area contributed by atoms with E-state index in [4.69, 9.17) is 9.47 Å². The summed E-state index contributed by atoms with van der Waals surface area (Å²) in [6.07, 6.45) is 1.72. The van der Waals surface area contributed by atoms with Crippen LogP contribution >= 0.6 is 0 Å². The summed E-state index contributed by atoms with van der Waals surface area (Å²) in [5, 5.41) is 9.34. The third-order valence-electron chi connectivity index (χ3n) is 5.76. The van der Waals surface area contributed by atoms with Gasteiger partial charge in [0.25, 0.3) is 0 Å². The van der Waals surface area contributed by atoms with E-state index in [0.29, 0.717) is 15.3 Å². The maximum atomic E-state index is 13.3. The second-order valence-corrected chi connectivity index (χ2v) is 10.5. The molecule has 0 saturated heterocycles. The summed E-state index contributed by atoms with van der Waals surface area (Å²) in [6, 6.07) is 19.8. The number of carboxylic acids is 1. The summed E-state index contributed by atoms with van der Waals surface area (Å²) >= 11 is -0.873. The molecule has 0 aliphatic heterocycles. The summed E-state index contributed by atoms with van der Waals surface area (Å²) in [6.45, 7) is 2.00. The maximum Gasteiger partial charge on any atom is 2.00 e. The van der Waals surface area contributed by atoms with E-state index in [-0.39, 0.29) is 36.7 Å². The van der Waals surface area contributed by atoms with Crippen molar-refractivity contribution in [2.45, 2.75) is 25.2 Å². The molecule has 1 fully saturated rings. The van der Waals surface area contributed by atoms with Crippen molar-refractivity contribution in [1.29, 1.82) is 0 Å². The van der Waals surface area contributed by atoms with E-state index in [1.165, 1.54) is 7.11 Å². The Hall–Kier alpha value is -1.82. The zero-order valence-electron chi connectivity index (χ0n) is 18.3. The van der Waals surface area contributed by atoms with E-state index in [1.54, 1.807) is 24.3 Å². The number of rotatable bonds is 8. The second-order valence-electron chi connectivity index (χ2n) is 7.72. The Bertz CT molecular complexity index is 1190. The molecule has 1 saturated carbocycles. The molecule has 1 N–H and O–H groups in total. The minimum atomic E-state index is -1.03. The Kier molecular flexibility index (Phi) is 8.31. The van der Waals surface area contributed by atoms with Crippen LogP contribution in [0.4, 0.5) is 0 Å². The molecule has 33 heavy (non-hydrogen) atoms. The zero-order valence-corrected chi connectivity index (χ0v) is 24.6. The minimum absolute atomic E-state index is 0. The first kappa shape index (κ1) is 25.8.